The molecule has 152 valence electrons. The zero-order valence-corrected chi connectivity index (χ0v) is 16.5. The maximum atomic E-state index is 12.3. The Hall–Kier alpha value is -3.24. The number of furan rings is 1. The van der Waals surface area contributed by atoms with Crippen molar-refractivity contribution in [2.24, 2.45) is 0 Å². The second-order valence-corrected chi connectivity index (χ2v) is 6.73. The van der Waals surface area contributed by atoms with Crippen LogP contribution in [0, 0.1) is 20.8 Å². The van der Waals surface area contributed by atoms with E-state index in [1.165, 1.54) is 0 Å². The Balaban J connectivity index is 1.64. The number of carbonyl (C=O) groups is 1. The van der Waals surface area contributed by atoms with E-state index in [1.807, 2.05) is 32.9 Å². The van der Waals surface area contributed by atoms with Crippen LogP contribution in [0.5, 0.6) is 0 Å². The Labute approximate surface area is 167 Å². The highest BCUT2D eigenvalue weighted by atomic mass is 16.7. The molecule has 10 heteroatoms. The first kappa shape index (κ1) is 19.1. The van der Waals surface area contributed by atoms with E-state index in [9.17, 15) is 4.79 Å². The lowest BCUT2D eigenvalue weighted by atomic mass is 10.4. The standard InChI is InChI=1S/C19H22N6O4/c1-12-10-13(2)25(23-12)17-11-16(20-18(22-17)15-5-4-14(3)28-15)21-19(26)29-24-6-8-27-9-7-24/h4-5,10-11H,6-9H2,1-3H3,(H,20,21,22,26). The number of nitrogens with one attached hydrogen (secondary N) is 1. The fraction of sp³-hybridized carbons (Fsp3) is 0.368. The molecule has 0 unspecified atom stereocenters. The van der Waals surface area contributed by atoms with Crippen LogP contribution in [0.4, 0.5) is 10.6 Å². The van der Waals surface area contributed by atoms with E-state index in [1.54, 1.807) is 21.9 Å². The monoisotopic (exact) mass is 398 g/mol. The van der Waals surface area contributed by atoms with Gasteiger partial charge in [-0.25, -0.2) is 19.4 Å². The number of amides is 1. The topological polar surface area (TPSA) is 108 Å². The molecule has 0 aliphatic carbocycles. The van der Waals surface area contributed by atoms with Gasteiger partial charge in [-0.3, -0.25) is 5.32 Å². The van der Waals surface area contributed by atoms with Gasteiger partial charge in [0.25, 0.3) is 0 Å². The molecule has 0 saturated carbocycles. The van der Waals surface area contributed by atoms with Crippen LogP contribution in [-0.4, -0.2) is 57.2 Å². The summed E-state index contributed by atoms with van der Waals surface area (Å²) in [5.41, 5.74) is 1.77. The minimum atomic E-state index is -0.633. The van der Waals surface area contributed by atoms with Crippen molar-refractivity contribution in [3.63, 3.8) is 0 Å². The molecule has 3 aromatic heterocycles. The Morgan fingerprint density at radius 1 is 1.14 bits per heavy atom. The van der Waals surface area contributed by atoms with Crippen LogP contribution in [0.2, 0.25) is 0 Å². The van der Waals surface area contributed by atoms with Crippen LogP contribution in [0.25, 0.3) is 17.4 Å². The van der Waals surface area contributed by atoms with Crippen LogP contribution in [0.15, 0.2) is 28.7 Å². The van der Waals surface area contributed by atoms with E-state index in [4.69, 9.17) is 14.0 Å². The van der Waals surface area contributed by atoms with Crippen molar-refractivity contribution < 1.29 is 18.8 Å². The zero-order valence-electron chi connectivity index (χ0n) is 16.5. The summed E-state index contributed by atoms with van der Waals surface area (Å²) in [6.07, 6.45) is -0.633. The van der Waals surface area contributed by atoms with Gasteiger partial charge in [0.15, 0.2) is 17.4 Å². The molecule has 1 aliphatic heterocycles. The van der Waals surface area contributed by atoms with E-state index in [2.05, 4.69) is 20.4 Å². The zero-order chi connectivity index (χ0) is 20.4. The van der Waals surface area contributed by atoms with Gasteiger partial charge in [-0.05, 0) is 39.0 Å². The van der Waals surface area contributed by atoms with Gasteiger partial charge in [-0.15, -0.1) is 5.06 Å². The van der Waals surface area contributed by atoms with Crippen LogP contribution in [0.3, 0.4) is 0 Å². The number of anilines is 1. The summed E-state index contributed by atoms with van der Waals surface area (Å²) in [7, 11) is 0. The highest BCUT2D eigenvalue weighted by Gasteiger charge is 2.18. The summed E-state index contributed by atoms with van der Waals surface area (Å²) in [5.74, 6) is 2.36. The lowest BCUT2D eigenvalue weighted by molar-refractivity contribution is -0.142. The molecule has 4 rings (SSSR count). The fourth-order valence-corrected chi connectivity index (χ4v) is 3.02. The summed E-state index contributed by atoms with van der Waals surface area (Å²) in [6.45, 7) is 7.75. The fourth-order valence-electron chi connectivity index (χ4n) is 3.02. The molecular weight excluding hydrogens is 376 g/mol. The molecule has 1 aliphatic rings. The van der Waals surface area contributed by atoms with Gasteiger partial charge in [0.2, 0.25) is 0 Å². The molecule has 1 fully saturated rings. The number of morpholine rings is 1. The minimum Gasteiger partial charge on any atom is -0.458 e. The van der Waals surface area contributed by atoms with Crippen molar-refractivity contribution in [1.82, 2.24) is 24.8 Å². The van der Waals surface area contributed by atoms with Crippen LogP contribution < -0.4 is 5.32 Å². The number of hydrogen-bond acceptors (Lipinski definition) is 8. The Kier molecular flexibility index (Phi) is 5.28. The summed E-state index contributed by atoms with van der Waals surface area (Å²) in [5, 5.41) is 8.68. The van der Waals surface area contributed by atoms with Gasteiger partial charge in [0.1, 0.15) is 11.6 Å². The molecule has 0 radical (unpaired) electrons. The minimum absolute atomic E-state index is 0.282. The van der Waals surface area contributed by atoms with E-state index in [-0.39, 0.29) is 5.82 Å². The van der Waals surface area contributed by atoms with Crippen molar-refractivity contribution in [3.8, 4) is 17.4 Å². The first-order valence-corrected chi connectivity index (χ1v) is 9.29. The second kappa shape index (κ2) is 8.02. The molecule has 0 bridgehead atoms. The number of hydrogen-bond donors (Lipinski definition) is 1. The molecule has 1 saturated heterocycles. The van der Waals surface area contributed by atoms with Gasteiger partial charge < -0.3 is 14.0 Å². The second-order valence-electron chi connectivity index (χ2n) is 6.73. The van der Waals surface area contributed by atoms with E-state index >= 15 is 0 Å². The van der Waals surface area contributed by atoms with Crippen LogP contribution in [-0.2, 0) is 9.57 Å². The van der Waals surface area contributed by atoms with Crippen molar-refractivity contribution in [3.05, 3.63) is 41.4 Å². The first-order chi connectivity index (χ1) is 14.0. The van der Waals surface area contributed by atoms with Gasteiger partial charge in [0, 0.05) is 11.8 Å². The molecule has 1 amide bonds. The van der Waals surface area contributed by atoms with Crippen LogP contribution in [0.1, 0.15) is 17.1 Å². The Morgan fingerprint density at radius 3 is 2.59 bits per heavy atom. The summed E-state index contributed by atoms with van der Waals surface area (Å²) < 4.78 is 12.6. The average molecular weight is 398 g/mol. The summed E-state index contributed by atoms with van der Waals surface area (Å²) in [6, 6.07) is 7.19. The molecular formula is C19H22N6O4. The molecule has 29 heavy (non-hydrogen) atoms. The maximum Gasteiger partial charge on any atom is 0.431 e. The van der Waals surface area contributed by atoms with Gasteiger partial charge >= 0.3 is 6.09 Å². The predicted octanol–water partition coefficient (Wildman–Crippen LogP) is 2.64. The van der Waals surface area contributed by atoms with E-state index in [0.717, 1.165) is 17.1 Å². The lowest BCUT2D eigenvalue weighted by Crippen LogP contribution is -2.39. The van der Waals surface area contributed by atoms with E-state index < -0.39 is 6.09 Å². The number of carbonyl (C=O) groups excluding carboxylic acids is 1. The quantitative estimate of drug-likeness (QED) is 0.715. The van der Waals surface area contributed by atoms with Crippen molar-refractivity contribution in [1.29, 1.82) is 0 Å². The first-order valence-electron chi connectivity index (χ1n) is 9.29. The van der Waals surface area contributed by atoms with Gasteiger partial charge in [0.05, 0.1) is 32.0 Å². The van der Waals surface area contributed by atoms with Gasteiger partial charge in [-0.1, -0.05) is 0 Å². The Morgan fingerprint density at radius 2 is 1.93 bits per heavy atom. The molecule has 3 aromatic rings. The largest absolute Gasteiger partial charge is 0.458 e. The van der Waals surface area contributed by atoms with Crippen LogP contribution >= 0.6 is 0 Å². The molecule has 10 nitrogen and oxygen atoms in total. The number of aromatic nitrogens is 4. The third-order valence-corrected chi connectivity index (χ3v) is 4.31. The number of hydroxylamine groups is 2. The van der Waals surface area contributed by atoms with Crippen molar-refractivity contribution in [2.45, 2.75) is 20.8 Å². The SMILES string of the molecule is Cc1cc(C)n(-c2cc(NC(=O)ON3CCOCC3)nc(-c3ccc(C)o3)n2)n1. The predicted molar refractivity (Wildman–Crippen MR) is 104 cm³/mol. The highest BCUT2D eigenvalue weighted by molar-refractivity contribution is 5.83. The highest BCUT2D eigenvalue weighted by Crippen LogP contribution is 2.23. The Bertz CT molecular complexity index is 1020. The van der Waals surface area contributed by atoms with Crippen molar-refractivity contribution in [2.75, 3.05) is 31.6 Å². The third-order valence-electron chi connectivity index (χ3n) is 4.31. The maximum absolute atomic E-state index is 12.3. The average Bonchev–Trinajstić information content (AvgIpc) is 3.27. The van der Waals surface area contributed by atoms with Crippen molar-refractivity contribution >= 4 is 11.9 Å². The summed E-state index contributed by atoms with van der Waals surface area (Å²) >= 11 is 0. The molecule has 4 heterocycles. The summed E-state index contributed by atoms with van der Waals surface area (Å²) in [4.78, 5) is 26.6. The smallest absolute Gasteiger partial charge is 0.431 e. The van der Waals surface area contributed by atoms with E-state index in [0.29, 0.717) is 43.7 Å². The normalized spacial score (nSPS) is 14.7. The van der Waals surface area contributed by atoms with Gasteiger partial charge in [-0.2, -0.15) is 5.10 Å². The molecule has 0 spiro atoms. The third kappa shape index (κ3) is 4.44. The molecule has 0 aromatic carbocycles. The number of aryl methyl sites for hydroxylation is 3. The number of ether oxygens (including phenoxy) is 1. The lowest BCUT2D eigenvalue weighted by Gasteiger charge is -2.24. The molecule has 0 atom stereocenters. The molecule has 1 N–H and O–H groups in total. The number of nitrogens with zero attached hydrogens (tertiary/aromatic N) is 5. The number of rotatable bonds is 4.